The van der Waals surface area contributed by atoms with Gasteiger partial charge in [0.2, 0.25) is 0 Å². The number of carbonyl (C=O) groups is 1. The van der Waals surface area contributed by atoms with Crippen LogP contribution in [0, 0.1) is 11.3 Å². The van der Waals surface area contributed by atoms with Crippen LogP contribution in [-0.2, 0) is 18.3 Å². The molecule has 4 heteroatoms. The fraction of sp³-hybridized carbons (Fsp3) is 0.750. The molecule has 0 radical (unpaired) electrons. The number of nitrogens with zero attached hydrogens (tertiary/aromatic N) is 2. The van der Waals surface area contributed by atoms with Crippen molar-refractivity contribution in [1.82, 2.24) is 9.55 Å². The van der Waals surface area contributed by atoms with Crippen LogP contribution in [0.5, 0.6) is 0 Å². The van der Waals surface area contributed by atoms with Crippen LogP contribution in [0.3, 0.4) is 0 Å². The van der Waals surface area contributed by atoms with Crippen LogP contribution in [0.25, 0.3) is 0 Å². The Kier molecular flexibility index (Phi) is 6.40. The van der Waals surface area contributed by atoms with E-state index in [0.29, 0.717) is 31.1 Å². The maximum Gasteiger partial charge on any atom is 0.133 e. The lowest BCUT2D eigenvalue weighted by Crippen LogP contribution is -2.24. The molecule has 0 bridgehead atoms. The number of hydrogen-bond donors (Lipinski definition) is 1. The van der Waals surface area contributed by atoms with E-state index in [-0.39, 0.29) is 5.41 Å². The highest BCUT2D eigenvalue weighted by Gasteiger charge is 2.24. The molecule has 1 heterocycles. The number of Topliss-reactive ketones (excluding diaryl/α,β-unsaturated/α-hetero) is 1. The Morgan fingerprint density at radius 3 is 2.55 bits per heavy atom. The molecular weight excluding hydrogens is 250 g/mol. The van der Waals surface area contributed by atoms with Crippen LogP contribution >= 0.6 is 0 Å². The third kappa shape index (κ3) is 5.45. The molecule has 0 aliphatic heterocycles. The average Bonchev–Trinajstić information content (AvgIpc) is 2.76. The van der Waals surface area contributed by atoms with Gasteiger partial charge in [0.05, 0.1) is 0 Å². The number of ketones is 1. The smallest absolute Gasteiger partial charge is 0.133 e. The Hall–Kier alpha value is -1.16. The van der Waals surface area contributed by atoms with Crippen molar-refractivity contribution in [1.29, 1.82) is 0 Å². The van der Waals surface area contributed by atoms with Crippen molar-refractivity contribution in [3.05, 3.63) is 18.2 Å². The summed E-state index contributed by atoms with van der Waals surface area (Å²) in [6.45, 7) is 7.38. The summed E-state index contributed by atoms with van der Waals surface area (Å²) in [5.74, 6) is 1.83. The van der Waals surface area contributed by atoms with Gasteiger partial charge in [-0.05, 0) is 30.7 Å². The summed E-state index contributed by atoms with van der Waals surface area (Å²) in [5, 5.41) is 0. The zero-order valence-corrected chi connectivity index (χ0v) is 13.4. The molecule has 1 atom stereocenters. The molecule has 2 N–H and O–H groups in total. The first-order valence-corrected chi connectivity index (χ1v) is 7.52. The minimum absolute atomic E-state index is 0.222. The van der Waals surface area contributed by atoms with Crippen molar-refractivity contribution in [2.45, 2.75) is 52.9 Å². The molecule has 0 saturated carbocycles. The lowest BCUT2D eigenvalue weighted by atomic mass is 9.76. The van der Waals surface area contributed by atoms with Crippen LogP contribution in [-0.4, -0.2) is 21.9 Å². The van der Waals surface area contributed by atoms with Crippen LogP contribution < -0.4 is 5.73 Å². The molecule has 4 nitrogen and oxygen atoms in total. The first kappa shape index (κ1) is 16.9. The first-order valence-electron chi connectivity index (χ1n) is 7.52. The summed E-state index contributed by atoms with van der Waals surface area (Å²) in [4.78, 5) is 16.3. The molecule has 0 aliphatic rings. The standard InChI is InChI=1S/C16H29N3O/c1-16(2,3)13(9-10-17)5-6-14(20)7-8-15-18-11-12-19(15)4/h11-13H,5-10,17H2,1-4H3. The Labute approximate surface area is 122 Å². The van der Waals surface area contributed by atoms with E-state index in [9.17, 15) is 4.79 Å². The summed E-state index contributed by atoms with van der Waals surface area (Å²) >= 11 is 0. The fourth-order valence-corrected chi connectivity index (χ4v) is 2.56. The number of nitrogens with two attached hydrogens (primary N) is 1. The number of aryl methyl sites for hydroxylation is 2. The molecule has 1 rings (SSSR count). The molecule has 0 saturated heterocycles. The van der Waals surface area contributed by atoms with Gasteiger partial charge >= 0.3 is 0 Å². The molecule has 1 unspecified atom stereocenters. The van der Waals surface area contributed by atoms with Gasteiger partial charge in [0.15, 0.2) is 0 Å². The van der Waals surface area contributed by atoms with Crippen LogP contribution in [0.4, 0.5) is 0 Å². The lowest BCUT2D eigenvalue weighted by molar-refractivity contribution is -0.119. The van der Waals surface area contributed by atoms with Gasteiger partial charge in [0.1, 0.15) is 11.6 Å². The number of imidazole rings is 1. The Bertz CT molecular complexity index is 418. The van der Waals surface area contributed by atoms with Gasteiger partial charge in [-0.3, -0.25) is 4.79 Å². The highest BCUT2D eigenvalue weighted by Crippen LogP contribution is 2.32. The summed E-state index contributed by atoms with van der Waals surface area (Å²) in [5.41, 5.74) is 5.90. The lowest BCUT2D eigenvalue weighted by Gasteiger charge is -2.30. The van der Waals surface area contributed by atoms with E-state index in [4.69, 9.17) is 5.73 Å². The van der Waals surface area contributed by atoms with Gasteiger partial charge in [-0.15, -0.1) is 0 Å². The third-order valence-corrected chi connectivity index (χ3v) is 4.06. The predicted molar refractivity (Wildman–Crippen MR) is 82.4 cm³/mol. The molecule has 20 heavy (non-hydrogen) atoms. The Morgan fingerprint density at radius 1 is 1.35 bits per heavy atom. The molecule has 0 fully saturated rings. The van der Waals surface area contributed by atoms with Gasteiger partial charge in [-0.2, -0.15) is 0 Å². The molecular formula is C16H29N3O. The normalized spacial score (nSPS) is 13.4. The average molecular weight is 279 g/mol. The first-order chi connectivity index (χ1) is 9.34. The van der Waals surface area contributed by atoms with Crippen LogP contribution in [0.15, 0.2) is 12.4 Å². The highest BCUT2D eigenvalue weighted by molar-refractivity contribution is 5.78. The second-order valence-corrected chi connectivity index (χ2v) is 6.67. The molecule has 1 aromatic heterocycles. The van der Waals surface area contributed by atoms with E-state index in [2.05, 4.69) is 25.8 Å². The third-order valence-electron chi connectivity index (χ3n) is 4.06. The molecule has 114 valence electrons. The molecule has 0 aromatic carbocycles. The number of aromatic nitrogens is 2. The minimum atomic E-state index is 0.222. The van der Waals surface area contributed by atoms with E-state index in [1.807, 2.05) is 17.8 Å². The van der Waals surface area contributed by atoms with Gasteiger partial charge < -0.3 is 10.3 Å². The second kappa shape index (κ2) is 7.58. The predicted octanol–water partition coefficient (Wildman–Crippen LogP) is 2.71. The van der Waals surface area contributed by atoms with Gasteiger partial charge in [0.25, 0.3) is 0 Å². The van der Waals surface area contributed by atoms with Crippen molar-refractivity contribution in [3.8, 4) is 0 Å². The SMILES string of the molecule is Cn1ccnc1CCC(=O)CCC(CCN)C(C)(C)C. The van der Waals surface area contributed by atoms with E-state index in [1.54, 1.807) is 6.20 Å². The summed E-state index contributed by atoms with van der Waals surface area (Å²) in [6, 6.07) is 0. The number of hydrogen-bond acceptors (Lipinski definition) is 3. The van der Waals surface area contributed by atoms with E-state index < -0.39 is 0 Å². The maximum absolute atomic E-state index is 12.0. The quantitative estimate of drug-likeness (QED) is 0.796. The number of rotatable bonds is 8. The summed E-state index contributed by atoms with van der Waals surface area (Å²) in [7, 11) is 1.96. The van der Waals surface area contributed by atoms with E-state index >= 15 is 0 Å². The van der Waals surface area contributed by atoms with Gasteiger partial charge in [-0.1, -0.05) is 20.8 Å². The van der Waals surface area contributed by atoms with Crippen molar-refractivity contribution in [2.24, 2.45) is 24.1 Å². The van der Waals surface area contributed by atoms with E-state index in [0.717, 1.165) is 25.1 Å². The zero-order chi connectivity index (χ0) is 15.2. The fourth-order valence-electron chi connectivity index (χ4n) is 2.56. The Balaban J connectivity index is 2.36. The molecule has 0 spiro atoms. The maximum atomic E-state index is 12.0. The van der Waals surface area contributed by atoms with Crippen LogP contribution in [0.2, 0.25) is 0 Å². The zero-order valence-electron chi connectivity index (χ0n) is 13.4. The van der Waals surface area contributed by atoms with Crippen LogP contribution in [0.1, 0.15) is 52.3 Å². The topological polar surface area (TPSA) is 60.9 Å². The van der Waals surface area contributed by atoms with E-state index in [1.165, 1.54) is 0 Å². The van der Waals surface area contributed by atoms with Crippen molar-refractivity contribution in [3.63, 3.8) is 0 Å². The monoisotopic (exact) mass is 279 g/mol. The largest absolute Gasteiger partial charge is 0.338 e. The number of carbonyl (C=O) groups excluding carboxylic acids is 1. The molecule has 0 amide bonds. The Morgan fingerprint density at radius 2 is 2.05 bits per heavy atom. The molecule has 0 aliphatic carbocycles. The summed E-state index contributed by atoms with van der Waals surface area (Å²) in [6.07, 6.45) is 7.61. The summed E-state index contributed by atoms with van der Waals surface area (Å²) < 4.78 is 1.97. The van der Waals surface area contributed by atoms with Gasteiger partial charge in [0, 0.05) is 38.7 Å². The van der Waals surface area contributed by atoms with Crippen molar-refractivity contribution >= 4 is 5.78 Å². The second-order valence-electron chi connectivity index (χ2n) is 6.67. The van der Waals surface area contributed by atoms with Crippen molar-refractivity contribution in [2.75, 3.05) is 6.54 Å². The van der Waals surface area contributed by atoms with Gasteiger partial charge in [-0.25, -0.2) is 4.98 Å². The highest BCUT2D eigenvalue weighted by atomic mass is 16.1. The minimum Gasteiger partial charge on any atom is -0.338 e. The molecule has 1 aromatic rings. The van der Waals surface area contributed by atoms with Crippen molar-refractivity contribution < 1.29 is 4.79 Å².